The van der Waals surface area contributed by atoms with Gasteiger partial charge < -0.3 is 14.2 Å². The van der Waals surface area contributed by atoms with Crippen molar-refractivity contribution in [3.63, 3.8) is 0 Å². The SMILES string of the molecule is CC/C=C\C/C=C\C/C=C\C/C=C\C/C=C\CC(=O)OCC(COCCCCCCCCCCCC/C=C\CCCCCCCC)OC(=O)CCCCCCC/C=C\C/C=C\CCC. The van der Waals surface area contributed by atoms with Crippen LogP contribution < -0.4 is 0 Å². The fourth-order valence-corrected chi connectivity index (χ4v) is 7.14. The summed E-state index contributed by atoms with van der Waals surface area (Å²) in [4.78, 5) is 25.3. The van der Waals surface area contributed by atoms with Gasteiger partial charge in [-0.1, -0.05) is 227 Å². The molecule has 0 aliphatic rings. The molecule has 5 nitrogen and oxygen atoms in total. The first-order valence-electron chi connectivity index (χ1n) is 26.8. The van der Waals surface area contributed by atoms with Crippen molar-refractivity contribution in [3.05, 3.63) is 97.2 Å². The van der Waals surface area contributed by atoms with Crippen molar-refractivity contribution in [2.24, 2.45) is 0 Å². The van der Waals surface area contributed by atoms with Gasteiger partial charge in [-0.05, 0) is 96.3 Å². The molecule has 0 fully saturated rings. The first-order chi connectivity index (χ1) is 31.6. The van der Waals surface area contributed by atoms with Crippen LogP contribution in [0.5, 0.6) is 0 Å². The minimum Gasteiger partial charge on any atom is -0.461 e. The van der Waals surface area contributed by atoms with E-state index in [0.717, 1.165) is 83.5 Å². The lowest BCUT2D eigenvalue weighted by Crippen LogP contribution is -2.30. The van der Waals surface area contributed by atoms with Gasteiger partial charge in [0.1, 0.15) is 6.61 Å². The van der Waals surface area contributed by atoms with E-state index in [1.54, 1.807) is 0 Å². The van der Waals surface area contributed by atoms with Crippen LogP contribution in [0.15, 0.2) is 97.2 Å². The predicted octanol–water partition coefficient (Wildman–Crippen LogP) is 18.2. The van der Waals surface area contributed by atoms with E-state index in [1.807, 2.05) is 12.2 Å². The molecule has 1 atom stereocenters. The van der Waals surface area contributed by atoms with Gasteiger partial charge in [0.25, 0.3) is 0 Å². The molecule has 0 aliphatic heterocycles. The molecule has 0 rings (SSSR count). The molecule has 1 unspecified atom stereocenters. The maximum absolute atomic E-state index is 12.8. The van der Waals surface area contributed by atoms with Crippen molar-refractivity contribution in [1.82, 2.24) is 0 Å². The quantitative estimate of drug-likeness (QED) is 0.0346. The molecular weight excluding hydrogens is 789 g/mol. The van der Waals surface area contributed by atoms with Gasteiger partial charge in [-0.2, -0.15) is 0 Å². The molecule has 0 aromatic carbocycles. The van der Waals surface area contributed by atoms with Crippen molar-refractivity contribution < 1.29 is 23.8 Å². The monoisotopic (exact) mass is 889 g/mol. The number of carbonyl (C=O) groups is 2. The summed E-state index contributed by atoms with van der Waals surface area (Å²) in [5.41, 5.74) is 0. The molecule has 0 bridgehead atoms. The summed E-state index contributed by atoms with van der Waals surface area (Å²) in [6, 6.07) is 0. The summed E-state index contributed by atoms with van der Waals surface area (Å²) >= 11 is 0. The zero-order chi connectivity index (χ0) is 46.3. The molecule has 0 spiro atoms. The highest BCUT2D eigenvalue weighted by molar-refractivity contribution is 5.71. The molecule has 0 saturated carbocycles. The lowest BCUT2D eigenvalue weighted by atomic mass is 10.1. The number of allylic oxidation sites excluding steroid dienone is 15. The van der Waals surface area contributed by atoms with Crippen molar-refractivity contribution in [3.8, 4) is 0 Å². The molecule has 0 N–H and O–H groups in total. The number of unbranched alkanes of at least 4 members (excludes halogenated alkanes) is 22. The molecule has 0 radical (unpaired) electrons. The van der Waals surface area contributed by atoms with Gasteiger partial charge in [0, 0.05) is 13.0 Å². The Balaban J connectivity index is 4.36. The van der Waals surface area contributed by atoms with Crippen LogP contribution in [0.4, 0.5) is 0 Å². The highest BCUT2D eigenvalue weighted by Gasteiger charge is 2.17. The number of hydrogen-bond acceptors (Lipinski definition) is 5. The Labute approximate surface area is 396 Å². The minimum atomic E-state index is -0.588. The van der Waals surface area contributed by atoms with E-state index < -0.39 is 6.10 Å². The Kier molecular flexibility index (Phi) is 51.5. The highest BCUT2D eigenvalue weighted by Crippen LogP contribution is 2.14. The van der Waals surface area contributed by atoms with E-state index >= 15 is 0 Å². The third kappa shape index (κ3) is 51.5. The first-order valence-corrected chi connectivity index (χ1v) is 26.8. The summed E-state index contributed by atoms with van der Waals surface area (Å²) in [7, 11) is 0. The largest absolute Gasteiger partial charge is 0.461 e. The van der Waals surface area contributed by atoms with Crippen LogP contribution in [0.25, 0.3) is 0 Å². The Bertz CT molecular complexity index is 1230. The van der Waals surface area contributed by atoms with Gasteiger partial charge in [-0.25, -0.2) is 0 Å². The molecule has 0 aliphatic carbocycles. The molecule has 0 saturated heterocycles. The van der Waals surface area contributed by atoms with Crippen molar-refractivity contribution in [1.29, 1.82) is 0 Å². The van der Waals surface area contributed by atoms with Crippen LogP contribution in [-0.4, -0.2) is 37.9 Å². The Morgan fingerprint density at radius 3 is 1.28 bits per heavy atom. The summed E-state index contributed by atoms with van der Waals surface area (Å²) < 4.78 is 17.3. The van der Waals surface area contributed by atoms with Crippen LogP contribution >= 0.6 is 0 Å². The van der Waals surface area contributed by atoms with E-state index in [2.05, 4.69) is 106 Å². The van der Waals surface area contributed by atoms with Crippen LogP contribution in [0.1, 0.15) is 239 Å². The zero-order valence-electron chi connectivity index (χ0n) is 42.0. The lowest BCUT2D eigenvalue weighted by Gasteiger charge is -2.18. The van der Waals surface area contributed by atoms with Gasteiger partial charge in [-0.3, -0.25) is 9.59 Å². The molecule has 0 aromatic rings. The van der Waals surface area contributed by atoms with E-state index in [-0.39, 0.29) is 31.6 Å². The normalized spacial score (nSPS) is 13.0. The van der Waals surface area contributed by atoms with E-state index in [4.69, 9.17) is 14.2 Å². The average molecular weight is 889 g/mol. The minimum absolute atomic E-state index is 0.0210. The number of esters is 2. The van der Waals surface area contributed by atoms with Crippen LogP contribution in [0.2, 0.25) is 0 Å². The van der Waals surface area contributed by atoms with Gasteiger partial charge >= 0.3 is 11.9 Å². The Morgan fingerprint density at radius 2 is 0.781 bits per heavy atom. The van der Waals surface area contributed by atoms with Gasteiger partial charge in [0.05, 0.1) is 13.0 Å². The fourth-order valence-electron chi connectivity index (χ4n) is 7.14. The predicted molar refractivity (Wildman–Crippen MR) is 279 cm³/mol. The molecule has 64 heavy (non-hydrogen) atoms. The standard InChI is InChI=1S/C59H100O5/c1-4-7-10-13-16-19-22-25-27-28-29-30-31-33-36-39-42-45-48-51-54-62-55-57(64-59(61)53-50-47-44-41-38-34-24-21-18-15-12-9-6-3)56-63-58(60)52-49-46-43-40-37-35-32-26-23-20-17-14-11-8-5-2/h8,11-12,15,17,20-21,24-27,32,37,40,46,49,57H,4-7,9-10,13-14,16,18-19,22-23,28-31,33-36,38-39,41-45,47-48,50-56H2,1-3H3/b11-8-,15-12-,20-17-,24-21-,27-25-,32-26-,40-37-,49-46-. The molecule has 5 heteroatoms. The number of ether oxygens (including phenoxy) is 3. The second-order valence-electron chi connectivity index (χ2n) is 17.4. The molecule has 0 amide bonds. The number of carbonyl (C=O) groups excluding carboxylic acids is 2. The summed E-state index contributed by atoms with van der Waals surface area (Å²) in [6.07, 6.45) is 73.1. The van der Waals surface area contributed by atoms with E-state index in [0.29, 0.717) is 13.0 Å². The molecule has 0 aromatic heterocycles. The first kappa shape index (κ1) is 60.8. The van der Waals surface area contributed by atoms with Crippen LogP contribution in [0, 0.1) is 0 Å². The summed E-state index contributed by atoms with van der Waals surface area (Å²) in [5, 5.41) is 0. The van der Waals surface area contributed by atoms with Gasteiger partial charge in [-0.15, -0.1) is 0 Å². The Hall–Kier alpha value is -3.18. The third-order valence-corrected chi connectivity index (χ3v) is 11.1. The third-order valence-electron chi connectivity index (χ3n) is 11.1. The van der Waals surface area contributed by atoms with Crippen molar-refractivity contribution >= 4 is 11.9 Å². The topological polar surface area (TPSA) is 61.8 Å². The van der Waals surface area contributed by atoms with E-state index in [1.165, 1.54) is 122 Å². The second-order valence-corrected chi connectivity index (χ2v) is 17.4. The zero-order valence-corrected chi connectivity index (χ0v) is 42.0. The van der Waals surface area contributed by atoms with Crippen LogP contribution in [0.3, 0.4) is 0 Å². The fraction of sp³-hybridized carbons (Fsp3) is 0.695. The summed E-state index contributed by atoms with van der Waals surface area (Å²) in [6.45, 7) is 7.53. The smallest absolute Gasteiger partial charge is 0.309 e. The summed E-state index contributed by atoms with van der Waals surface area (Å²) in [5.74, 6) is -0.561. The lowest BCUT2D eigenvalue weighted by molar-refractivity contribution is -0.162. The average Bonchev–Trinajstić information content (AvgIpc) is 3.30. The molecular formula is C59H100O5. The van der Waals surface area contributed by atoms with Crippen LogP contribution in [-0.2, 0) is 23.8 Å². The van der Waals surface area contributed by atoms with Crippen molar-refractivity contribution in [2.75, 3.05) is 19.8 Å². The van der Waals surface area contributed by atoms with E-state index in [9.17, 15) is 9.59 Å². The van der Waals surface area contributed by atoms with Gasteiger partial charge in [0.2, 0.25) is 0 Å². The number of rotatable bonds is 48. The number of hydrogen-bond donors (Lipinski definition) is 0. The second kappa shape index (κ2) is 54.2. The molecule has 0 heterocycles. The maximum atomic E-state index is 12.8. The Morgan fingerprint density at radius 1 is 0.375 bits per heavy atom. The van der Waals surface area contributed by atoms with Gasteiger partial charge in [0.15, 0.2) is 6.10 Å². The highest BCUT2D eigenvalue weighted by atomic mass is 16.6. The van der Waals surface area contributed by atoms with Crippen molar-refractivity contribution in [2.45, 2.75) is 245 Å². The maximum Gasteiger partial charge on any atom is 0.309 e. The molecule has 366 valence electrons.